The van der Waals surface area contributed by atoms with Gasteiger partial charge in [-0.25, -0.2) is 0 Å². The largest absolute Gasteiger partial charge is 0.494 e. The minimum Gasteiger partial charge on any atom is -0.399 e. The van der Waals surface area contributed by atoms with Crippen molar-refractivity contribution >= 4 is 30.1 Å². The molecule has 2 aliphatic rings. The zero-order valence-electron chi connectivity index (χ0n) is 15.4. The molecule has 138 valence electrons. The number of nitrogens with one attached hydrogen (secondary N) is 1. The maximum absolute atomic E-state index is 12.2. The number of imide groups is 1. The Balaban J connectivity index is 1.69. The number of benzene rings is 1. The van der Waals surface area contributed by atoms with E-state index in [1.54, 1.807) is 12.1 Å². The fraction of sp³-hybridized carbons (Fsp3) is 0.444. The van der Waals surface area contributed by atoms with Gasteiger partial charge in [-0.15, -0.1) is 0 Å². The maximum Gasteiger partial charge on any atom is 0.494 e. The average Bonchev–Trinajstić information content (AvgIpc) is 2.94. The summed E-state index contributed by atoms with van der Waals surface area (Å²) < 4.78 is 12.0. The van der Waals surface area contributed by atoms with Crippen molar-refractivity contribution in [1.29, 1.82) is 0 Å². The van der Waals surface area contributed by atoms with Gasteiger partial charge in [-0.1, -0.05) is 12.1 Å². The summed E-state index contributed by atoms with van der Waals surface area (Å²) in [5.74, 6) is -0.875. The van der Waals surface area contributed by atoms with E-state index in [4.69, 9.17) is 14.4 Å². The van der Waals surface area contributed by atoms with E-state index in [1.165, 1.54) is 6.08 Å². The molecule has 0 spiro atoms. The first-order chi connectivity index (χ1) is 12.1. The molecule has 0 unspecified atom stereocenters. The van der Waals surface area contributed by atoms with E-state index < -0.39 is 30.1 Å². The summed E-state index contributed by atoms with van der Waals surface area (Å²) in [6.07, 6.45) is 1.24. The third kappa shape index (κ3) is 3.27. The van der Waals surface area contributed by atoms with Gasteiger partial charge in [0.25, 0.3) is 11.8 Å². The van der Waals surface area contributed by atoms with Crippen LogP contribution in [-0.2, 0) is 18.9 Å². The van der Waals surface area contributed by atoms with Crippen molar-refractivity contribution in [3.05, 3.63) is 36.0 Å². The molecule has 3 rings (SSSR count). The molecule has 1 fully saturated rings. The lowest BCUT2D eigenvalue weighted by molar-refractivity contribution is -0.137. The fourth-order valence-corrected chi connectivity index (χ4v) is 2.77. The second-order valence-corrected chi connectivity index (χ2v) is 7.41. The molecule has 2 amide bonds. The summed E-state index contributed by atoms with van der Waals surface area (Å²) in [4.78, 5) is 24.9. The normalized spacial score (nSPS) is 21.3. The van der Waals surface area contributed by atoms with Gasteiger partial charge in [-0.05, 0) is 45.3 Å². The number of rotatable bonds is 5. The predicted molar refractivity (Wildman–Crippen MR) is 97.7 cm³/mol. The number of carbonyl (C=O) groups is 2. The van der Waals surface area contributed by atoms with Crippen LogP contribution in [-0.4, -0.2) is 53.3 Å². The minimum absolute atomic E-state index is 0.0137. The molecule has 0 aromatic heterocycles. The Morgan fingerprint density at radius 3 is 2.19 bits per heavy atom. The van der Waals surface area contributed by atoms with Crippen molar-refractivity contribution in [2.45, 2.75) is 38.9 Å². The van der Waals surface area contributed by atoms with Gasteiger partial charge in [0.15, 0.2) is 0 Å². The van der Waals surface area contributed by atoms with Crippen LogP contribution in [0.2, 0.25) is 0 Å². The van der Waals surface area contributed by atoms with Gasteiger partial charge in [0.2, 0.25) is 0 Å². The quantitative estimate of drug-likeness (QED) is 0.594. The van der Waals surface area contributed by atoms with Crippen LogP contribution in [0.5, 0.6) is 0 Å². The third-order valence-electron chi connectivity index (χ3n) is 5.05. The van der Waals surface area contributed by atoms with Crippen molar-refractivity contribution in [2.75, 3.05) is 18.5 Å². The Morgan fingerprint density at radius 1 is 1.08 bits per heavy atom. The maximum atomic E-state index is 12.2. The molecular formula is C18H23BN2O5. The highest BCUT2D eigenvalue weighted by Gasteiger charge is 2.51. The monoisotopic (exact) mass is 358 g/mol. The highest BCUT2D eigenvalue weighted by molar-refractivity contribution is 6.62. The third-order valence-corrected chi connectivity index (χ3v) is 5.05. The predicted octanol–water partition coefficient (Wildman–Crippen LogP) is 0.643. The Labute approximate surface area is 153 Å². The molecule has 2 heterocycles. The summed E-state index contributed by atoms with van der Waals surface area (Å²) in [5, 5.41) is 11.9. The molecule has 8 heteroatoms. The minimum atomic E-state index is -0.456. The Hall–Kier alpha value is -2.16. The molecule has 2 N–H and O–H groups in total. The van der Waals surface area contributed by atoms with E-state index in [0.29, 0.717) is 5.69 Å². The number of anilines is 1. The summed E-state index contributed by atoms with van der Waals surface area (Å²) >= 11 is 0. The number of carbonyl (C=O) groups excluding carboxylic acids is 2. The van der Waals surface area contributed by atoms with E-state index in [-0.39, 0.29) is 18.8 Å². The standard InChI is InChI=1S/C18H23BN2O5/c1-17(2)18(3,4)26-19(25-17)12-5-7-13(8-6-12)20-14-11-15(23)21(9-10-22)16(14)24/h5-8,11,20,22H,9-10H2,1-4H3. The summed E-state index contributed by atoms with van der Waals surface area (Å²) in [7, 11) is -0.456. The smallest absolute Gasteiger partial charge is 0.399 e. The van der Waals surface area contributed by atoms with Crippen molar-refractivity contribution in [3.63, 3.8) is 0 Å². The lowest BCUT2D eigenvalue weighted by Gasteiger charge is -2.32. The van der Waals surface area contributed by atoms with Crippen LogP contribution in [0.4, 0.5) is 5.69 Å². The van der Waals surface area contributed by atoms with Gasteiger partial charge in [-0.2, -0.15) is 0 Å². The Kier molecular flexibility index (Phi) is 4.68. The molecule has 0 aliphatic carbocycles. The van der Waals surface area contributed by atoms with E-state index in [9.17, 15) is 9.59 Å². The zero-order valence-corrected chi connectivity index (χ0v) is 15.4. The van der Waals surface area contributed by atoms with E-state index in [2.05, 4.69) is 5.32 Å². The Bertz CT molecular complexity index is 741. The van der Waals surface area contributed by atoms with Crippen LogP contribution in [0.15, 0.2) is 36.0 Å². The Morgan fingerprint density at radius 2 is 1.65 bits per heavy atom. The molecule has 1 saturated heterocycles. The number of nitrogens with zero attached hydrogens (tertiary/aromatic N) is 1. The van der Waals surface area contributed by atoms with Crippen molar-refractivity contribution in [2.24, 2.45) is 0 Å². The molecule has 0 atom stereocenters. The molecular weight excluding hydrogens is 335 g/mol. The first-order valence-electron chi connectivity index (χ1n) is 8.55. The SMILES string of the molecule is CC1(C)OB(c2ccc(NC3=CC(=O)N(CCO)C3=O)cc2)OC1(C)C. The number of β-amino-alcohol motifs (C(OH)–C–C–N with tert-alkyl or cyclic N) is 1. The topological polar surface area (TPSA) is 88.1 Å². The number of hydrogen-bond donors (Lipinski definition) is 2. The van der Waals surface area contributed by atoms with Crippen LogP contribution in [0.3, 0.4) is 0 Å². The van der Waals surface area contributed by atoms with Gasteiger partial charge < -0.3 is 19.7 Å². The van der Waals surface area contributed by atoms with E-state index in [0.717, 1.165) is 10.4 Å². The first-order valence-corrected chi connectivity index (χ1v) is 8.55. The lowest BCUT2D eigenvalue weighted by Crippen LogP contribution is -2.41. The number of aliphatic hydroxyl groups excluding tert-OH is 1. The van der Waals surface area contributed by atoms with Crippen LogP contribution in [0, 0.1) is 0 Å². The summed E-state index contributed by atoms with van der Waals surface area (Å²) in [6.45, 7) is 7.71. The number of amides is 2. The van der Waals surface area contributed by atoms with Gasteiger partial charge in [0.1, 0.15) is 5.70 Å². The zero-order chi connectivity index (χ0) is 19.1. The number of aliphatic hydroxyl groups is 1. The summed E-state index contributed by atoms with van der Waals surface area (Å²) in [6, 6.07) is 7.32. The van der Waals surface area contributed by atoms with Gasteiger partial charge in [-0.3, -0.25) is 14.5 Å². The second kappa shape index (κ2) is 6.53. The van der Waals surface area contributed by atoms with E-state index in [1.807, 2.05) is 39.8 Å². The van der Waals surface area contributed by atoms with Gasteiger partial charge in [0, 0.05) is 11.8 Å². The average molecular weight is 358 g/mol. The molecule has 0 radical (unpaired) electrons. The highest BCUT2D eigenvalue weighted by Crippen LogP contribution is 2.36. The molecule has 2 aliphatic heterocycles. The van der Waals surface area contributed by atoms with Crippen molar-refractivity contribution < 1.29 is 24.0 Å². The van der Waals surface area contributed by atoms with Crippen LogP contribution in [0.1, 0.15) is 27.7 Å². The van der Waals surface area contributed by atoms with Crippen LogP contribution >= 0.6 is 0 Å². The number of hydrogen-bond acceptors (Lipinski definition) is 6. The van der Waals surface area contributed by atoms with Crippen LogP contribution < -0.4 is 10.8 Å². The molecule has 1 aromatic rings. The lowest BCUT2D eigenvalue weighted by atomic mass is 9.79. The molecule has 26 heavy (non-hydrogen) atoms. The van der Waals surface area contributed by atoms with E-state index >= 15 is 0 Å². The molecule has 0 bridgehead atoms. The van der Waals surface area contributed by atoms with Crippen molar-refractivity contribution in [3.8, 4) is 0 Å². The second-order valence-electron chi connectivity index (χ2n) is 7.41. The molecule has 7 nitrogen and oxygen atoms in total. The van der Waals surface area contributed by atoms with Gasteiger partial charge in [0.05, 0.1) is 24.4 Å². The van der Waals surface area contributed by atoms with Crippen LogP contribution in [0.25, 0.3) is 0 Å². The highest BCUT2D eigenvalue weighted by atomic mass is 16.7. The first kappa shape index (κ1) is 18.6. The fourth-order valence-electron chi connectivity index (χ4n) is 2.77. The molecule has 1 aromatic carbocycles. The van der Waals surface area contributed by atoms with Crippen molar-refractivity contribution in [1.82, 2.24) is 4.90 Å². The summed E-state index contributed by atoms with van der Waals surface area (Å²) in [5.41, 5.74) is 0.910. The van der Waals surface area contributed by atoms with Gasteiger partial charge >= 0.3 is 7.12 Å². The molecule has 0 saturated carbocycles.